The summed E-state index contributed by atoms with van der Waals surface area (Å²) in [6.07, 6.45) is 1.74. The molecular weight excluding hydrogens is 484 g/mol. The van der Waals surface area contributed by atoms with Crippen LogP contribution in [0.5, 0.6) is 0 Å². The number of nitrogens with zero attached hydrogens (tertiary/aromatic N) is 4. The maximum absolute atomic E-state index is 12.6. The van der Waals surface area contributed by atoms with Crippen LogP contribution in [0.1, 0.15) is 40.7 Å². The van der Waals surface area contributed by atoms with Gasteiger partial charge in [0, 0.05) is 19.0 Å². The van der Waals surface area contributed by atoms with Crippen LogP contribution in [-0.4, -0.2) is 30.2 Å². The van der Waals surface area contributed by atoms with E-state index in [1.807, 2.05) is 73.8 Å². The van der Waals surface area contributed by atoms with Gasteiger partial charge in [0.1, 0.15) is 11.6 Å². The van der Waals surface area contributed by atoms with Gasteiger partial charge in [0.25, 0.3) is 0 Å². The van der Waals surface area contributed by atoms with Gasteiger partial charge in [-0.15, -0.1) is 0 Å². The summed E-state index contributed by atoms with van der Waals surface area (Å²) in [5, 5.41) is 10.3. The number of aryl methyl sites for hydroxylation is 3. The van der Waals surface area contributed by atoms with Crippen LogP contribution in [0.25, 0.3) is 44.6 Å². The van der Waals surface area contributed by atoms with Gasteiger partial charge in [0.05, 0.1) is 34.2 Å². The number of carboxylic acids is 1. The predicted octanol–water partition coefficient (Wildman–Crippen LogP) is 7.26. The normalized spacial score (nSPS) is 11.5. The number of carbonyl (C=O) groups is 1. The molecular formula is C33H30N4O2. The van der Waals surface area contributed by atoms with Crippen LogP contribution in [0, 0.1) is 6.92 Å². The Labute approximate surface area is 227 Å². The summed E-state index contributed by atoms with van der Waals surface area (Å²) in [5.74, 6) is 0.921. The van der Waals surface area contributed by atoms with E-state index in [1.165, 1.54) is 0 Å². The van der Waals surface area contributed by atoms with Crippen molar-refractivity contribution in [2.75, 3.05) is 0 Å². The van der Waals surface area contributed by atoms with Crippen molar-refractivity contribution in [3.8, 4) is 22.5 Å². The van der Waals surface area contributed by atoms with Crippen molar-refractivity contribution in [2.24, 2.45) is 7.05 Å². The molecule has 4 aromatic carbocycles. The molecule has 6 heteroatoms. The van der Waals surface area contributed by atoms with Crippen molar-refractivity contribution >= 4 is 28.0 Å². The second-order valence-corrected chi connectivity index (χ2v) is 10.0. The monoisotopic (exact) mass is 514 g/mol. The number of aromatic carboxylic acids is 1. The number of para-hydroxylation sites is 2. The minimum atomic E-state index is -0.928. The number of aromatic nitrogens is 4. The van der Waals surface area contributed by atoms with E-state index in [0.29, 0.717) is 12.1 Å². The van der Waals surface area contributed by atoms with Crippen molar-refractivity contribution in [3.05, 3.63) is 107 Å². The van der Waals surface area contributed by atoms with Crippen LogP contribution >= 0.6 is 0 Å². The highest BCUT2D eigenvalue weighted by Crippen LogP contribution is 2.32. The Morgan fingerprint density at radius 2 is 1.64 bits per heavy atom. The largest absolute Gasteiger partial charge is 0.478 e. The van der Waals surface area contributed by atoms with Gasteiger partial charge in [-0.1, -0.05) is 67.6 Å². The van der Waals surface area contributed by atoms with Gasteiger partial charge in [0.2, 0.25) is 0 Å². The molecule has 0 atom stereocenters. The number of carboxylic acid groups (broad SMARTS) is 1. The summed E-state index contributed by atoms with van der Waals surface area (Å²) in [6.45, 7) is 4.64. The molecule has 194 valence electrons. The van der Waals surface area contributed by atoms with Crippen LogP contribution in [0.15, 0.2) is 84.9 Å². The summed E-state index contributed by atoms with van der Waals surface area (Å²) >= 11 is 0. The highest BCUT2D eigenvalue weighted by Gasteiger charge is 2.21. The summed E-state index contributed by atoms with van der Waals surface area (Å²) < 4.78 is 4.31. The van der Waals surface area contributed by atoms with Crippen molar-refractivity contribution in [1.82, 2.24) is 19.1 Å². The third-order valence-corrected chi connectivity index (χ3v) is 7.42. The lowest BCUT2D eigenvalue weighted by Crippen LogP contribution is -2.11. The van der Waals surface area contributed by atoms with Crippen molar-refractivity contribution in [3.63, 3.8) is 0 Å². The van der Waals surface area contributed by atoms with Crippen molar-refractivity contribution in [1.29, 1.82) is 0 Å². The zero-order valence-corrected chi connectivity index (χ0v) is 22.3. The van der Waals surface area contributed by atoms with Crippen LogP contribution in [0.4, 0.5) is 0 Å². The minimum Gasteiger partial charge on any atom is -0.478 e. The fourth-order valence-electron chi connectivity index (χ4n) is 5.58. The Bertz CT molecular complexity index is 1850. The molecule has 6 rings (SSSR count). The number of benzene rings is 4. The maximum Gasteiger partial charge on any atom is 0.336 e. The van der Waals surface area contributed by atoms with Crippen molar-refractivity contribution < 1.29 is 9.90 Å². The van der Waals surface area contributed by atoms with E-state index in [4.69, 9.17) is 9.97 Å². The molecule has 6 aromatic rings. The molecule has 0 fully saturated rings. The topological polar surface area (TPSA) is 72.9 Å². The molecule has 0 amide bonds. The second kappa shape index (κ2) is 9.87. The molecule has 6 nitrogen and oxygen atoms in total. The van der Waals surface area contributed by atoms with E-state index in [1.54, 1.807) is 0 Å². The predicted molar refractivity (Wildman–Crippen MR) is 156 cm³/mol. The van der Waals surface area contributed by atoms with Gasteiger partial charge in [-0.05, 0) is 59.9 Å². The molecule has 0 spiro atoms. The fourth-order valence-corrected chi connectivity index (χ4v) is 5.58. The molecule has 0 aliphatic rings. The van der Waals surface area contributed by atoms with E-state index in [0.717, 1.165) is 74.4 Å². The molecule has 2 aromatic heterocycles. The maximum atomic E-state index is 12.6. The fraction of sp³-hybridized carbons (Fsp3) is 0.182. The molecule has 0 saturated carbocycles. The van der Waals surface area contributed by atoms with E-state index < -0.39 is 5.97 Å². The Morgan fingerprint density at radius 3 is 2.38 bits per heavy atom. The van der Waals surface area contributed by atoms with Crippen LogP contribution in [-0.2, 0) is 20.0 Å². The lowest BCUT2D eigenvalue weighted by atomic mass is 9.95. The first-order chi connectivity index (χ1) is 19.0. The van der Waals surface area contributed by atoms with E-state index in [9.17, 15) is 9.90 Å². The van der Waals surface area contributed by atoms with Gasteiger partial charge in [-0.2, -0.15) is 0 Å². The molecule has 39 heavy (non-hydrogen) atoms. The van der Waals surface area contributed by atoms with E-state index >= 15 is 0 Å². The first-order valence-electron chi connectivity index (χ1n) is 13.3. The third kappa shape index (κ3) is 4.28. The molecule has 2 heterocycles. The summed E-state index contributed by atoms with van der Waals surface area (Å²) in [7, 11) is 2.04. The standard InChI is InChI=1S/C33H30N4O2/c1-4-11-29-35-31-21(2)18-24(32-34-26-16-8-9-17-27(26)36(32)3)19-28(31)37(29)20-23-14-10-15-25(30(23)33(38)39)22-12-6-5-7-13-22/h5-10,12-19H,4,11,20H2,1-3H3,(H,38,39). The lowest BCUT2D eigenvalue weighted by Gasteiger charge is -2.15. The molecule has 0 unspecified atom stereocenters. The summed E-state index contributed by atoms with van der Waals surface area (Å²) in [4.78, 5) is 22.6. The number of rotatable bonds is 7. The van der Waals surface area contributed by atoms with Crippen LogP contribution in [0.2, 0.25) is 0 Å². The second-order valence-electron chi connectivity index (χ2n) is 10.0. The van der Waals surface area contributed by atoms with Crippen molar-refractivity contribution in [2.45, 2.75) is 33.2 Å². The molecule has 0 radical (unpaired) electrons. The quantitative estimate of drug-likeness (QED) is 0.243. The van der Waals surface area contributed by atoms with E-state index in [-0.39, 0.29) is 0 Å². The number of fused-ring (bicyclic) bond motifs is 2. The number of imidazole rings is 2. The average Bonchev–Trinajstić information content (AvgIpc) is 3.47. The number of hydrogen-bond donors (Lipinski definition) is 1. The average molecular weight is 515 g/mol. The first-order valence-corrected chi connectivity index (χ1v) is 13.3. The van der Waals surface area contributed by atoms with Gasteiger partial charge in [0.15, 0.2) is 0 Å². The zero-order valence-electron chi connectivity index (χ0n) is 22.3. The molecule has 0 saturated heterocycles. The SMILES string of the molecule is CCCc1nc2c(C)cc(-c3nc4ccccc4n3C)cc2n1Cc1cccc(-c2ccccc2)c1C(=O)O. The minimum absolute atomic E-state index is 0.330. The highest BCUT2D eigenvalue weighted by atomic mass is 16.4. The first kappa shape index (κ1) is 24.6. The van der Waals surface area contributed by atoms with Crippen LogP contribution in [0.3, 0.4) is 0 Å². The Kier molecular flexibility index (Phi) is 6.23. The molecule has 0 aliphatic heterocycles. The molecule has 0 bridgehead atoms. The Hall–Kier alpha value is -4.71. The summed E-state index contributed by atoms with van der Waals surface area (Å²) in [5.41, 5.74) is 8.74. The Balaban J connectivity index is 1.54. The third-order valence-electron chi connectivity index (χ3n) is 7.42. The summed E-state index contributed by atoms with van der Waals surface area (Å²) in [6, 6.07) is 27.9. The zero-order chi connectivity index (χ0) is 27.1. The van der Waals surface area contributed by atoms with Gasteiger partial charge in [-0.3, -0.25) is 0 Å². The van der Waals surface area contributed by atoms with Gasteiger partial charge in [-0.25, -0.2) is 14.8 Å². The Morgan fingerprint density at radius 1 is 0.872 bits per heavy atom. The van der Waals surface area contributed by atoms with Crippen LogP contribution < -0.4 is 0 Å². The van der Waals surface area contributed by atoms with Gasteiger partial charge < -0.3 is 14.2 Å². The van der Waals surface area contributed by atoms with E-state index in [2.05, 4.69) is 41.2 Å². The lowest BCUT2D eigenvalue weighted by molar-refractivity contribution is 0.0696. The molecule has 1 N–H and O–H groups in total. The smallest absolute Gasteiger partial charge is 0.336 e. The number of hydrogen-bond acceptors (Lipinski definition) is 3. The van der Waals surface area contributed by atoms with Gasteiger partial charge >= 0.3 is 5.97 Å². The highest BCUT2D eigenvalue weighted by molar-refractivity contribution is 5.98. The molecule has 0 aliphatic carbocycles.